The number of hydrogen-bond donors (Lipinski definition) is 1. The predicted molar refractivity (Wildman–Crippen MR) is 114 cm³/mol. The molecular formula is C21H27N5OS. The summed E-state index contributed by atoms with van der Waals surface area (Å²) in [5, 5.41) is 4.74. The number of aryl methyl sites for hydroxylation is 2. The van der Waals surface area contributed by atoms with Crippen LogP contribution < -0.4 is 10.1 Å². The summed E-state index contributed by atoms with van der Waals surface area (Å²) in [7, 11) is 1.66. The van der Waals surface area contributed by atoms with Crippen molar-refractivity contribution in [1.29, 1.82) is 0 Å². The number of nitrogens with one attached hydrogen (secondary N) is 1. The Kier molecular flexibility index (Phi) is 5.46. The molecule has 0 aliphatic carbocycles. The number of nitrogens with zero attached hydrogens (tertiary/aromatic N) is 4. The summed E-state index contributed by atoms with van der Waals surface area (Å²) < 4.78 is 6.46. The van der Waals surface area contributed by atoms with E-state index in [1.165, 1.54) is 6.42 Å². The van der Waals surface area contributed by atoms with Gasteiger partial charge >= 0.3 is 0 Å². The maximum atomic E-state index is 5.30. The molecule has 4 rings (SSSR count). The van der Waals surface area contributed by atoms with Gasteiger partial charge in [0, 0.05) is 36.1 Å². The maximum absolute atomic E-state index is 5.30. The molecule has 28 heavy (non-hydrogen) atoms. The first kappa shape index (κ1) is 19.1. The lowest BCUT2D eigenvalue weighted by molar-refractivity contribution is 0.162. The topological polar surface area (TPSA) is 63.2 Å². The lowest BCUT2D eigenvalue weighted by Gasteiger charge is -2.37. The fraction of sp³-hybridized carbons (Fsp3) is 0.476. The van der Waals surface area contributed by atoms with Gasteiger partial charge in [-0.3, -0.25) is 4.90 Å². The molecule has 3 aromatic rings. The van der Waals surface area contributed by atoms with E-state index in [9.17, 15) is 0 Å². The first-order valence-corrected chi connectivity index (χ1v) is 10.6. The number of anilines is 1. The number of pyridine rings is 2. The number of likely N-dealkylation sites (tertiary alicyclic amines) is 1. The van der Waals surface area contributed by atoms with Crippen LogP contribution >= 0.6 is 11.3 Å². The van der Waals surface area contributed by atoms with E-state index in [2.05, 4.69) is 45.3 Å². The Morgan fingerprint density at radius 1 is 1.21 bits per heavy atom. The number of aromatic nitrogens is 3. The molecule has 1 aliphatic heterocycles. The van der Waals surface area contributed by atoms with Crippen LogP contribution in [0.4, 0.5) is 5.69 Å². The zero-order chi connectivity index (χ0) is 19.7. The quantitative estimate of drug-likeness (QED) is 0.691. The number of rotatable bonds is 5. The Hall–Kier alpha value is -2.25. The molecule has 1 N–H and O–H groups in total. The SMILES string of the molecule is COc1cc(N[C@H]2CCCN(C(C)c3ccc4sc(C)nc4n3)C2)cc(C)n1. The predicted octanol–water partition coefficient (Wildman–Crippen LogP) is 4.35. The summed E-state index contributed by atoms with van der Waals surface area (Å²) in [5.41, 5.74) is 4.00. The van der Waals surface area contributed by atoms with E-state index in [1.807, 2.05) is 19.9 Å². The second-order valence-corrected chi connectivity index (χ2v) is 8.72. The van der Waals surface area contributed by atoms with E-state index in [0.717, 1.165) is 51.9 Å². The van der Waals surface area contributed by atoms with Gasteiger partial charge in [-0.05, 0) is 58.4 Å². The first-order valence-electron chi connectivity index (χ1n) is 9.79. The summed E-state index contributed by atoms with van der Waals surface area (Å²) >= 11 is 1.70. The molecule has 4 heterocycles. The van der Waals surface area contributed by atoms with Crippen LogP contribution in [0.25, 0.3) is 10.3 Å². The summed E-state index contributed by atoms with van der Waals surface area (Å²) in [4.78, 5) is 16.3. The lowest BCUT2D eigenvalue weighted by atomic mass is 10.0. The van der Waals surface area contributed by atoms with Gasteiger partial charge in [0.1, 0.15) is 0 Å². The molecule has 148 valence electrons. The molecule has 6 nitrogen and oxygen atoms in total. The molecule has 3 aromatic heterocycles. The molecule has 0 bridgehead atoms. The molecule has 0 spiro atoms. The minimum atomic E-state index is 0.268. The van der Waals surface area contributed by atoms with E-state index in [-0.39, 0.29) is 6.04 Å². The summed E-state index contributed by atoms with van der Waals surface area (Å²) in [6, 6.07) is 9.02. The Morgan fingerprint density at radius 3 is 2.89 bits per heavy atom. The number of methoxy groups -OCH3 is 1. The standard InChI is InChI=1S/C21H27N5OS/c1-13-10-17(11-20(22-13)27-4)24-16-6-5-9-26(12-16)14(2)18-7-8-19-21(25-18)23-15(3)28-19/h7-8,10-11,14,16H,5-6,9,12H2,1-4H3,(H,22,24)/t14?,16-/m0/s1. The van der Waals surface area contributed by atoms with Crippen molar-refractivity contribution in [3.63, 3.8) is 0 Å². The largest absolute Gasteiger partial charge is 0.481 e. The van der Waals surface area contributed by atoms with Crippen LogP contribution in [0.3, 0.4) is 0 Å². The van der Waals surface area contributed by atoms with Gasteiger partial charge in [-0.15, -0.1) is 11.3 Å². The minimum absolute atomic E-state index is 0.268. The molecule has 2 atom stereocenters. The number of thiazole rings is 1. The molecule has 1 saturated heterocycles. The van der Waals surface area contributed by atoms with Crippen molar-refractivity contribution >= 4 is 27.4 Å². The van der Waals surface area contributed by atoms with E-state index in [1.54, 1.807) is 18.4 Å². The van der Waals surface area contributed by atoms with Crippen molar-refractivity contribution in [2.45, 2.75) is 45.7 Å². The van der Waals surface area contributed by atoms with Gasteiger partial charge in [-0.2, -0.15) is 0 Å². The minimum Gasteiger partial charge on any atom is -0.481 e. The van der Waals surface area contributed by atoms with Crippen molar-refractivity contribution in [1.82, 2.24) is 19.9 Å². The van der Waals surface area contributed by atoms with Crippen LogP contribution in [-0.2, 0) is 0 Å². The van der Waals surface area contributed by atoms with Crippen molar-refractivity contribution in [2.75, 3.05) is 25.5 Å². The van der Waals surface area contributed by atoms with E-state index < -0.39 is 0 Å². The average molecular weight is 398 g/mol. The summed E-state index contributed by atoms with van der Waals surface area (Å²) in [6.45, 7) is 8.35. The van der Waals surface area contributed by atoms with Gasteiger partial charge in [0.2, 0.25) is 5.88 Å². The van der Waals surface area contributed by atoms with Crippen molar-refractivity contribution in [3.8, 4) is 5.88 Å². The molecule has 0 radical (unpaired) electrons. The number of hydrogen-bond acceptors (Lipinski definition) is 7. The zero-order valence-corrected chi connectivity index (χ0v) is 17.7. The third-order valence-electron chi connectivity index (χ3n) is 5.32. The van der Waals surface area contributed by atoms with Gasteiger partial charge < -0.3 is 10.1 Å². The van der Waals surface area contributed by atoms with Crippen molar-refractivity contribution in [3.05, 3.63) is 40.7 Å². The maximum Gasteiger partial charge on any atom is 0.215 e. The number of piperidine rings is 1. The van der Waals surface area contributed by atoms with Gasteiger partial charge in [0.25, 0.3) is 0 Å². The molecule has 0 amide bonds. The molecule has 1 unspecified atom stereocenters. The van der Waals surface area contributed by atoms with Crippen molar-refractivity contribution in [2.24, 2.45) is 0 Å². The van der Waals surface area contributed by atoms with Crippen LogP contribution in [0.2, 0.25) is 0 Å². The molecule has 0 aromatic carbocycles. The normalized spacial score (nSPS) is 18.9. The van der Waals surface area contributed by atoms with E-state index in [4.69, 9.17) is 9.72 Å². The monoisotopic (exact) mass is 397 g/mol. The van der Waals surface area contributed by atoms with Gasteiger partial charge in [-0.1, -0.05) is 0 Å². The lowest BCUT2D eigenvalue weighted by Crippen LogP contribution is -2.43. The second kappa shape index (κ2) is 8.01. The Bertz CT molecular complexity index is 973. The van der Waals surface area contributed by atoms with Crippen LogP contribution in [0.5, 0.6) is 5.88 Å². The van der Waals surface area contributed by atoms with Gasteiger partial charge in [0.05, 0.1) is 22.5 Å². The van der Waals surface area contributed by atoms with Crippen LogP contribution in [0.1, 0.15) is 42.2 Å². The Morgan fingerprint density at radius 2 is 2.07 bits per heavy atom. The first-order chi connectivity index (χ1) is 13.5. The molecule has 7 heteroatoms. The second-order valence-electron chi connectivity index (χ2n) is 7.48. The highest BCUT2D eigenvalue weighted by molar-refractivity contribution is 7.18. The highest BCUT2D eigenvalue weighted by atomic mass is 32.1. The highest BCUT2D eigenvalue weighted by Crippen LogP contribution is 2.28. The molecular weight excluding hydrogens is 370 g/mol. The molecule has 1 fully saturated rings. The molecule has 1 aliphatic rings. The number of ether oxygens (including phenoxy) is 1. The Labute approximate surface area is 170 Å². The van der Waals surface area contributed by atoms with E-state index >= 15 is 0 Å². The zero-order valence-electron chi connectivity index (χ0n) is 16.9. The van der Waals surface area contributed by atoms with Crippen LogP contribution in [0.15, 0.2) is 24.3 Å². The summed E-state index contributed by atoms with van der Waals surface area (Å²) in [5.74, 6) is 0.652. The Balaban J connectivity index is 1.47. The average Bonchev–Trinajstić information content (AvgIpc) is 3.06. The number of fused-ring (bicyclic) bond motifs is 1. The molecule has 0 saturated carbocycles. The smallest absolute Gasteiger partial charge is 0.215 e. The van der Waals surface area contributed by atoms with Crippen LogP contribution in [0, 0.1) is 13.8 Å². The van der Waals surface area contributed by atoms with E-state index in [0.29, 0.717) is 11.9 Å². The third kappa shape index (κ3) is 4.10. The fourth-order valence-corrected chi connectivity index (χ4v) is 4.67. The van der Waals surface area contributed by atoms with Gasteiger partial charge in [0.15, 0.2) is 5.65 Å². The highest BCUT2D eigenvalue weighted by Gasteiger charge is 2.25. The van der Waals surface area contributed by atoms with Crippen LogP contribution in [-0.4, -0.2) is 46.1 Å². The summed E-state index contributed by atoms with van der Waals surface area (Å²) in [6.07, 6.45) is 2.33. The fourth-order valence-electron chi connectivity index (χ4n) is 3.90. The van der Waals surface area contributed by atoms with Gasteiger partial charge in [-0.25, -0.2) is 15.0 Å². The van der Waals surface area contributed by atoms with Crippen molar-refractivity contribution < 1.29 is 4.74 Å². The third-order valence-corrected chi connectivity index (χ3v) is 6.25.